The Kier molecular flexibility index (Phi) is 4.55. The highest BCUT2D eigenvalue weighted by Crippen LogP contribution is 2.41. The van der Waals surface area contributed by atoms with Gasteiger partial charge in [0.15, 0.2) is 0 Å². The molecule has 1 aliphatic heterocycles. The van der Waals surface area contributed by atoms with Crippen molar-refractivity contribution in [2.24, 2.45) is 0 Å². The molecule has 0 spiro atoms. The van der Waals surface area contributed by atoms with E-state index < -0.39 is 0 Å². The third-order valence-corrected chi connectivity index (χ3v) is 5.17. The lowest BCUT2D eigenvalue weighted by Crippen LogP contribution is -2.28. The number of fused-ring (bicyclic) bond motifs is 1. The van der Waals surface area contributed by atoms with Crippen molar-refractivity contribution in [3.8, 4) is 11.5 Å². The summed E-state index contributed by atoms with van der Waals surface area (Å²) in [5, 5.41) is 7.91. The van der Waals surface area contributed by atoms with Crippen molar-refractivity contribution in [1.82, 2.24) is 14.8 Å². The minimum Gasteiger partial charge on any atom is -0.497 e. The number of benzene rings is 2. The summed E-state index contributed by atoms with van der Waals surface area (Å²) in [6.07, 6.45) is 2.41. The summed E-state index contributed by atoms with van der Waals surface area (Å²) in [6, 6.07) is 14.4. The molecule has 0 radical (unpaired) electrons. The fourth-order valence-electron chi connectivity index (χ4n) is 3.41. The van der Waals surface area contributed by atoms with Crippen molar-refractivity contribution in [2.75, 3.05) is 19.5 Å². The summed E-state index contributed by atoms with van der Waals surface area (Å²) in [7, 11) is 3.32. The van der Waals surface area contributed by atoms with Crippen molar-refractivity contribution < 1.29 is 9.47 Å². The highest BCUT2D eigenvalue weighted by atomic mass is 79.9. The van der Waals surface area contributed by atoms with Crippen LogP contribution < -0.4 is 14.8 Å². The van der Waals surface area contributed by atoms with Crippen molar-refractivity contribution in [2.45, 2.75) is 18.5 Å². The minimum absolute atomic E-state index is 0.0126. The van der Waals surface area contributed by atoms with Crippen molar-refractivity contribution in [1.29, 1.82) is 0 Å². The zero-order valence-corrected chi connectivity index (χ0v) is 16.1. The van der Waals surface area contributed by atoms with Crippen molar-refractivity contribution >= 4 is 21.9 Å². The first-order valence-electron chi connectivity index (χ1n) is 8.33. The predicted octanol–water partition coefficient (Wildman–Crippen LogP) is 4.20. The van der Waals surface area contributed by atoms with E-state index in [9.17, 15) is 0 Å². The van der Waals surface area contributed by atoms with E-state index in [4.69, 9.17) is 9.47 Å². The van der Waals surface area contributed by atoms with Gasteiger partial charge in [-0.1, -0.05) is 28.1 Å². The van der Waals surface area contributed by atoms with E-state index in [1.165, 1.54) is 5.56 Å². The largest absolute Gasteiger partial charge is 0.497 e. The van der Waals surface area contributed by atoms with Crippen LogP contribution in [0.4, 0.5) is 5.95 Å². The summed E-state index contributed by atoms with van der Waals surface area (Å²) in [4.78, 5) is 4.38. The van der Waals surface area contributed by atoms with Crippen LogP contribution in [0.2, 0.25) is 0 Å². The average molecular weight is 415 g/mol. The molecule has 0 aliphatic carbocycles. The van der Waals surface area contributed by atoms with Crippen LogP contribution in [0.3, 0.4) is 0 Å². The lowest BCUT2D eigenvalue weighted by molar-refractivity contribution is 0.371. The second-order valence-corrected chi connectivity index (χ2v) is 7.06. The van der Waals surface area contributed by atoms with E-state index in [0.717, 1.165) is 33.9 Å². The quantitative estimate of drug-likeness (QED) is 0.692. The number of anilines is 1. The number of nitrogens with zero attached hydrogens (tertiary/aromatic N) is 3. The smallest absolute Gasteiger partial charge is 0.222 e. The Labute approximate surface area is 160 Å². The van der Waals surface area contributed by atoms with Crippen LogP contribution in [-0.2, 0) is 0 Å². The Morgan fingerprint density at radius 1 is 1.15 bits per heavy atom. The van der Waals surface area contributed by atoms with Gasteiger partial charge in [-0.05, 0) is 36.2 Å². The monoisotopic (exact) mass is 414 g/mol. The molecular weight excluding hydrogens is 396 g/mol. The van der Waals surface area contributed by atoms with E-state index in [1.807, 2.05) is 35.0 Å². The number of hydrogen-bond acceptors (Lipinski definition) is 5. The molecule has 0 saturated heterocycles. The van der Waals surface area contributed by atoms with Gasteiger partial charge in [0, 0.05) is 16.1 Å². The highest BCUT2D eigenvalue weighted by molar-refractivity contribution is 9.10. The number of rotatable bonds is 4. The highest BCUT2D eigenvalue weighted by Gasteiger charge is 2.31. The third-order valence-electron chi connectivity index (χ3n) is 4.68. The summed E-state index contributed by atoms with van der Waals surface area (Å²) < 4.78 is 13.9. The van der Waals surface area contributed by atoms with E-state index >= 15 is 0 Å². The van der Waals surface area contributed by atoms with Gasteiger partial charge in [-0.15, -0.1) is 0 Å². The molecule has 0 fully saturated rings. The minimum atomic E-state index is 0.0126. The zero-order valence-electron chi connectivity index (χ0n) is 14.5. The molecule has 2 atom stereocenters. The molecule has 1 N–H and O–H groups in total. The van der Waals surface area contributed by atoms with Gasteiger partial charge < -0.3 is 14.8 Å². The number of hydrogen-bond donors (Lipinski definition) is 1. The van der Waals surface area contributed by atoms with Crippen LogP contribution in [0.15, 0.2) is 53.3 Å². The van der Waals surface area contributed by atoms with Gasteiger partial charge in [0.2, 0.25) is 5.95 Å². The first kappa shape index (κ1) is 16.9. The normalized spacial score (nSPS) is 18.7. The molecule has 2 heterocycles. The fraction of sp³-hybridized carbons (Fsp3) is 0.263. The van der Waals surface area contributed by atoms with Crippen LogP contribution in [-0.4, -0.2) is 29.0 Å². The van der Waals surface area contributed by atoms with Gasteiger partial charge >= 0.3 is 0 Å². The number of aromatic nitrogens is 3. The lowest BCUT2D eigenvalue weighted by Gasteiger charge is -2.32. The van der Waals surface area contributed by atoms with Crippen LogP contribution in [0.25, 0.3) is 0 Å². The van der Waals surface area contributed by atoms with Gasteiger partial charge in [0.05, 0.1) is 26.3 Å². The molecule has 0 bridgehead atoms. The molecule has 2 aromatic carbocycles. The first-order valence-corrected chi connectivity index (χ1v) is 9.12. The summed E-state index contributed by atoms with van der Waals surface area (Å²) >= 11 is 3.56. The van der Waals surface area contributed by atoms with E-state index in [1.54, 1.807) is 20.5 Å². The maximum absolute atomic E-state index is 5.62. The molecule has 3 aromatic rings. The Balaban J connectivity index is 1.76. The molecule has 1 aliphatic rings. The van der Waals surface area contributed by atoms with Gasteiger partial charge in [0.25, 0.3) is 0 Å². The molecule has 0 saturated carbocycles. The first-order chi connectivity index (χ1) is 12.7. The Morgan fingerprint density at radius 2 is 2.04 bits per heavy atom. The SMILES string of the molecule is COc1ccc([C@@H]2C[C@H](c3cccc(Br)c3)Nc3ncnn32)c(OC)c1. The van der Waals surface area contributed by atoms with Crippen LogP contribution in [0.5, 0.6) is 11.5 Å². The second-order valence-electron chi connectivity index (χ2n) is 6.14. The molecule has 0 amide bonds. The molecule has 0 unspecified atom stereocenters. The van der Waals surface area contributed by atoms with Crippen LogP contribution in [0, 0.1) is 0 Å². The van der Waals surface area contributed by atoms with E-state index in [0.29, 0.717) is 0 Å². The lowest BCUT2D eigenvalue weighted by atomic mass is 9.93. The van der Waals surface area contributed by atoms with E-state index in [2.05, 4.69) is 43.5 Å². The van der Waals surface area contributed by atoms with Gasteiger partial charge in [-0.3, -0.25) is 0 Å². The molecule has 6 nitrogen and oxygen atoms in total. The molecule has 134 valence electrons. The second kappa shape index (κ2) is 6.99. The maximum Gasteiger partial charge on any atom is 0.222 e. The molecule has 26 heavy (non-hydrogen) atoms. The zero-order chi connectivity index (χ0) is 18.1. The Bertz CT molecular complexity index is 927. The van der Waals surface area contributed by atoms with Gasteiger partial charge in [-0.2, -0.15) is 10.1 Å². The topological polar surface area (TPSA) is 61.2 Å². The molecule has 4 rings (SSSR count). The summed E-state index contributed by atoms with van der Waals surface area (Å²) in [6.45, 7) is 0. The van der Waals surface area contributed by atoms with Crippen molar-refractivity contribution in [3.05, 3.63) is 64.4 Å². The Morgan fingerprint density at radius 3 is 2.81 bits per heavy atom. The molecule has 7 heteroatoms. The summed E-state index contributed by atoms with van der Waals surface area (Å²) in [5.74, 6) is 2.30. The third kappa shape index (κ3) is 3.03. The predicted molar refractivity (Wildman–Crippen MR) is 103 cm³/mol. The number of methoxy groups -OCH3 is 2. The van der Waals surface area contributed by atoms with Crippen LogP contribution in [0.1, 0.15) is 29.6 Å². The van der Waals surface area contributed by atoms with Crippen LogP contribution >= 0.6 is 15.9 Å². The maximum atomic E-state index is 5.62. The van der Waals surface area contributed by atoms with E-state index in [-0.39, 0.29) is 12.1 Å². The van der Waals surface area contributed by atoms with Gasteiger partial charge in [-0.25, -0.2) is 4.68 Å². The Hall–Kier alpha value is -2.54. The molecular formula is C19H19BrN4O2. The number of ether oxygens (including phenoxy) is 2. The van der Waals surface area contributed by atoms with Crippen molar-refractivity contribution in [3.63, 3.8) is 0 Å². The number of nitrogens with one attached hydrogen (secondary N) is 1. The fourth-order valence-corrected chi connectivity index (χ4v) is 3.83. The summed E-state index contributed by atoms with van der Waals surface area (Å²) in [5.41, 5.74) is 2.26. The molecule has 1 aromatic heterocycles. The standard InChI is InChI=1S/C19H19BrN4O2/c1-25-14-6-7-15(18(9-14)26-2)17-10-16(12-4-3-5-13(20)8-12)23-19-21-11-22-24(17)19/h3-9,11,16-17H,10H2,1-2H3,(H,21,22,23)/t16-,17+/m1/s1. The number of halogens is 1. The average Bonchev–Trinajstić information content (AvgIpc) is 3.15. The van der Waals surface area contributed by atoms with Gasteiger partial charge in [0.1, 0.15) is 17.8 Å².